The van der Waals surface area contributed by atoms with E-state index in [-0.39, 0.29) is 0 Å². The Kier molecular flexibility index (Phi) is 4.77. The van der Waals surface area contributed by atoms with E-state index in [0.29, 0.717) is 6.54 Å². The van der Waals surface area contributed by atoms with Crippen molar-refractivity contribution in [1.29, 1.82) is 0 Å². The lowest BCUT2D eigenvalue weighted by atomic mass is 10.1. The number of hydrogen-bond donors (Lipinski definition) is 1. The van der Waals surface area contributed by atoms with Crippen LogP contribution < -0.4 is 5.73 Å². The fourth-order valence-corrected chi connectivity index (χ4v) is 2.83. The number of hydrogen-bond acceptors (Lipinski definition) is 2. The van der Waals surface area contributed by atoms with Crippen LogP contribution in [0.25, 0.3) is 0 Å². The SMILES string of the molecule is CCc1nn(Cc2ccccc2Br)c(CC)c1CN. The molecular weight excluding hydrogens is 302 g/mol. The number of aromatic nitrogens is 2. The van der Waals surface area contributed by atoms with Crippen LogP contribution in [-0.2, 0) is 25.9 Å². The zero-order chi connectivity index (χ0) is 13.8. The van der Waals surface area contributed by atoms with E-state index in [1.807, 2.05) is 6.07 Å². The van der Waals surface area contributed by atoms with Gasteiger partial charge in [0, 0.05) is 22.3 Å². The highest BCUT2D eigenvalue weighted by Crippen LogP contribution is 2.21. The molecule has 0 radical (unpaired) electrons. The van der Waals surface area contributed by atoms with Gasteiger partial charge in [-0.15, -0.1) is 0 Å². The Morgan fingerprint density at radius 1 is 1.21 bits per heavy atom. The number of halogens is 1. The molecular formula is C15H20BrN3. The van der Waals surface area contributed by atoms with Gasteiger partial charge in [-0.25, -0.2) is 0 Å². The summed E-state index contributed by atoms with van der Waals surface area (Å²) in [5.41, 5.74) is 10.7. The van der Waals surface area contributed by atoms with Crippen molar-refractivity contribution in [2.45, 2.75) is 39.8 Å². The van der Waals surface area contributed by atoms with Crippen molar-refractivity contribution in [3.8, 4) is 0 Å². The molecule has 0 aliphatic carbocycles. The first kappa shape index (κ1) is 14.3. The van der Waals surface area contributed by atoms with Gasteiger partial charge in [-0.05, 0) is 24.5 Å². The predicted molar refractivity (Wildman–Crippen MR) is 82.1 cm³/mol. The second kappa shape index (κ2) is 6.35. The molecule has 2 rings (SSSR count). The van der Waals surface area contributed by atoms with Gasteiger partial charge < -0.3 is 5.73 Å². The van der Waals surface area contributed by atoms with Crippen LogP contribution in [0.3, 0.4) is 0 Å². The summed E-state index contributed by atoms with van der Waals surface area (Å²) in [5.74, 6) is 0. The summed E-state index contributed by atoms with van der Waals surface area (Å²) in [4.78, 5) is 0. The Hall–Kier alpha value is -1.13. The van der Waals surface area contributed by atoms with Gasteiger partial charge in [0.1, 0.15) is 0 Å². The maximum atomic E-state index is 5.88. The molecule has 4 heteroatoms. The predicted octanol–water partition coefficient (Wildman–Crippen LogP) is 3.28. The van der Waals surface area contributed by atoms with Gasteiger partial charge in [-0.3, -0.25) is 4.68 Å². The van der Waals surface area contributed by atoms with E-state index in [0.717, 1.165) is 29.6 Å². The Labute approximate surface area is 122 Å². The number of rotatable bonds is 5. The van der Waals surface area contributed by atoms with Gasteiger partial charge in [0.25, 0.3) is 0 Å². The first-order valence-electron chi connectivity index (χ1n) is 6.72. The molecule has 0 saturated heterocycles. The van der Waals surface area contributed by atoms with Crippen LogP contribution in [0.1, 0.15) is 36.4 Å². The largest absolute Gasteiger partial charge is 0.326 e. The lowest BCUT2D eigenvalue weighted by Gasteiger charge is -2.09. The molecule has 0 unspecified atom stereocenters. The third-order valence-electron chi connectivity index (χ3n) is 3.40. The molecule has 0 aliphatic rings. The smallest absolute Gasteiger partial charge is 0.0673 e. The maximum Gasteiger partial charge on any atom is 0.0673 e. The van der Waals surface area contributed by atoms with E-state index in [9.17, 15) is 0 Å². The number of nitrogens with zero attached hydrogens (tertiary/aromatic N) is 2. The molecule has 2 aromatic rings. The van der Waals surface area contributed by atoms with E-state index < -0.39 is 0 Å². The van der Waals surface area contributed by atoms with Crippen molar-refractivity contribution in [3.05, 3.63) is 51.3 Å². The van der Waals surface area contributed by atoms with E-state index >= 15 is 0 Å². The average Bonchev–Trinajstić information content (AvgIpc) is 2.78. The van der Waals surface area contributed by atoms with Gasteiger partial charge in [-0.1, -0.05) is 48.0 Å². The topological polar surface area (TPSA) is 43.8 Å². The number of aryl methyl sites for hydroxylation is 1. The molecule has 0 fully saturated rings. The minimum absolute atomic E-state index is 0.572. The van der Waals surface area contributed by atoms with E-state index in [1.165, 1.54) is 16.8 Å². The molecule has 19 heavy (non-hydrogen) atoms. The molecule has 1 aromatic heterocycles. The maximum absolute atomic E-state index is 5.88. The molecule has 2 N–H and O–H groups in total. The van der Waals surface area contributed by atoms with Crippen LogP contribution in [0.2, 0.25) is 0 Å². The quantitative estimate of drug-likeness (QED) is 0.918. The van der Waals surface area contributed by atoms with Crippen molar-refractivity contribution < 1.29 is 0 Å². The molecule has 0 aliphatic heterocycles. The Balaban J connectivity index is 2.40. The summed E-state index contributed by atoms with van der Waals surface area (Å²) in [6.07, 6.45) is 1.90. The van der Waals surface area contributed by atoms with Crippen LogP contribution >= 0.6 is 15.9 Å². The van der Waals surface area contributed by atoms with Crippen LogP contribution in [0.5, 0.6) is 0 Å². The Bertz CT molecular complexity index is 561. The molecule has 0 amide bonds. The molecule has 0 bridgehead atoms. The third kappa shape index (κ3) is 2.90. The lowest BCUT2D eigenvalue weighted by Crippen LogP contribution is -2.08. The van der Waals surface area contributed by atoms with E-state index in [1.54, 1.807) is 0 Å². The van der Waals surface area contributed by atoms with Gasteiger partial charge in [0.15, 0.2) is 0 Å². The summed E-state index contributed by atoms with van der Waals surface area (Å²) in [6.45, 7) is 5.65. The summed E-state index contributed by atoms with van der Waals surface area (Å²) >= 11 is 3.59. The summed E-state index contributed by atoms with van der Waals surface area (Å²) in [5, 5.41) is 4.72. The number of nitrogens with two attached hydrogens (primary N) is 1. The highest BCUT2D eigenvalue weighted by atomic mass is 79.9. The molecule has 0 atom stereocenters. The van der Waals surface area contributed by atoms with E-state index in [4.69, 9.17) is 10.8 Å². The van der Waals surface area contributed by atoms with Crippen molar-refractivity contribution in [3.63, 3.8) is 0 Å². The summed E-state index contributed by atoms with van der Waals surface area (Å²) < 4.78 is 3.22. The van der Waals surface area contributed by atoms with Crippen molar-refractivity contribution >= 4 is 15.9 Å². The first-order valence-corrected chi connectivity index (χ1v) is 7.51. The number of benzene rings is 1. The second-order valence-electron chi connectivity index (χ2n) is 4.53. The van der Waals surface area contributed by atoms with Crippen LogP contribution in [0.15, 0.2) is 28.7 Å². The van der Waals surface area contributed by atoms with Gasteiger partial charge in [0.2, 0.25) is 0 Å². The van der Waals surface area contributed by atoms with Gasteiger partial charge in [-0.2, -0.15) is 5.10 Å². The van der Waals surface area contributed by atoms with Crippen molar-refractivity contribution in [2.24, 2.45) is 5.73 Å². The fraction of sp³-hybridized carbons (Fsp3) is 0.400. The average molecular weight is 322 g/mol. The molecule has 1 aromatic carbocycles. The Morgan fingerprint density at radius 2 is 1.95 bits per heavy atom. The molecule has 0 saturated carbocycles. The van der Waals surface area contributed by atoms with Gasteiger partial charge in [0.05, 0.1) is 12.2 Å². The first-order chi connectivity index (χ1) is 9.21. The molecule has 102 valence electrons. The van der Waals surface area contributed by atoms with Crippen molar-refractivity contribution in [2.75, 3.05) is 0 Å². The molecule has 1 heterocycles. The van der Waals surface area contributed by atoms with E-state index in [2.05, 4.69) is 52.7 Å². The summed E-state index contributed by atoms with van der Waals surface area (Å²) in [7, 11) is 0. The highest BCUT2D eigenvalue weighted by molar-refractivity contribution is 9.10. The van der Waals surface area contributed by atoms with Crippen LogP contribution in [-0.4, -0.2) is 9.78 Å². The van der Waals surface area contributed by atoms with Crippen molar-refractivity contribution in [1.82, 2.24) is 9.78 Å². The highest BCUT2D eigenvalue weighted by Gasteiger charge is 2.14. The third-order valence-corrected chi connectivity index (χ3v) is 4.18. The molecule has 0 spiro atoms. The second-order valence-corrected chi connectivity index (χ2v) is 5.39. The Morgan fingerprint density at radius 3 is 2.53 bits per heavy atom. The standard InChI is InChI=1S/C15H20BrN3/c1-3-14-12(9-17)15(4-2)19(18-14)10-11-7-5-6-8-13(11)16/h5-8H,3-4,9-10,17H2,1-2H3. The van der Waals surface area contributed by atoms with Crippen LogP contribution in [0, 0.1) is 0 Å². The van der Waals surface area contributed by atoms with Crippen LogP contribution in [0.4, 0.5) is 0 Å². The fourth-order valence-electron chi connectivity index (χ4n) is 2.42. The zero-order valence-electron chi connectivity index (χ0n) is 11.5. The minimum Gasteiger partial charge on any atom is -0.326 e. The lowest BCUT2D eigenvalue weighted by molar-refractivity contribution is 0.638. The zero-order valence-corrected chi connectivity index (χ0v) is 13.1. The normalized spacial score (nSPS) is 10.9. The minimum atomic E-state index is 0.572. The monoisotopic (exact) mass is 321 g/mol. The summed E-state index contributed by atoms with van der Waals surface area (Å²) in [6, 6.07) is 8.27. The van der Waals surface area contributed by atoms with Gasteiger partial charge >= 0.3 is 0 Å². The molecule has 3 nitrogen and oxygen atoms in total.